The first-order chi connectivity index (χ1) is 10.1. The van der Waals surface area contributed by atoms with Crippen molar-refractivity contribution < 1.29 is 0 Å². The van der Waals surface area contributed by atoms with Crippen molar-refractivity contribution in [1.82, 2.24) is 4.98 Å². The zero-order valence-electron chi connectivity index (χ0n) is 11.5. The molecular formula is C17H14Br2N2. The average molecular weight is 406 g/mol. The molecule has 2 aromatic carbocycles. The normalized spacial score (nSPS) is 10.8. The summed E-state index contributed by atoms with van der Waals surface area (Å²) < 4.78 is 2.10. The lowest BCUT2D eigenvalue weighted by atomic mass is 10.1. The van der Waals surface area contributed by atoms with Crippen LogP contribution in [0.15, 0.2) is 57.5 Å². The van der Waals surface area contributed by atoms with E-state index in [2.05, 4.69) is 66.4 Å². The molecule has 1 heterocycles. The van der Waals surface area contributed by atoms with Crippen LogP contribution < -0.4 is 5.32 Å². The van der Waals surface area contributed by atoms with E-state index in [1.807, 2.05) is 31.2 Å². The van der Waals surface area contributed by atoms with Crippen molar-refractivity contribution in [3.8, 4) is 0 Å². The van der Waals surface area contributed by atoms with Crippen LogP contribution in [0, 0.1) is 6.92 Å². The highest BCUT2D eigenvalue weighted by molar-refractivity contribution is 9.11. The average Bonchev–Trinajstić information content (AvgIpc) is 2.46. The lowest BCUT2D eigenvalue weighted by molar-refractivity contribution is 1.13. The molecule has 0 aliphatic heterocycles. The van der Waals surface area contributed by atoms with Crippen LogP contribution in [0.25, 0.3) is 10.9 Å². The Morgan fingerprint density at radius 1 is 1.00 bits per heavy atom. The summed E-state index contributed by atoms with van der Waals surface area (Å²) in [6, 6.07) is 16.5. The Balaban J connectivity index is 1.95. The number of benzene rings is 2. The number of hydrogen-bond acceptors (Lipinski definition) is 2. The second-order valence-electron chi connectivity index (χ2n) is 4.89. The number of para-hydroxylation sites is 2. The van der Waals surface area contributed by atoms with Gasteiger partial charge in [0.2, 0.25) is 0 Å². The van der Waals surface area contributed by atoms with E-state index in [4.69, 9.17) is 0 Å². The minimum Gasteiger partial charge on any atom is -0.379 e. The predicted molar refractivity (Wildman–Crippen MR) is 95.6 cm³/mol. The fourth-order valence-corrected chi connectivity index (χ4v) is 3.67. The van der Waals surface area contributed by atoms with E-state index >= 15 is 0 Å². The Hall–Kier alpha value is -1.39. The predicted octanol–water partition coefficient (Wildman–Crippen LogP) is 5.68. The van der Waals surface area contributed by atoms with E-state index < -0.39 is 0 Å². The third kappa shape index (κ3) is 3.11. The fourth-order valence-electron chi connectivity index (χ4n) is 2.39. The summed E-state index contributed by atoms with van der Waals surface area (Å²) in [5.41, 5.74) is 4.40. The number of fused-ring (bicyclic) bond motifs is 1. The number of aromatic nitrogens is 1. The Labute approximate surface area is 140 Å². The molecule has 0 aliphatic rings. The number of nitrogens with zero attached hydrogens (tertiary/aromatic N) is 1. The van der Waals surface area contributed by atoms with Gasteiger partial charge in [0.25, 0.3) is 0 Å². The summed E-state index contributed by atoms with van der Waals surface area (Å²) >= 11 is 7.16. The number of rotatable bonds is 3. The van der Waals surface area contributed by atoms with Crippen LogP contribution in [0.5, 0.6) is 0 Å². The summed E-state index contributed by atoms with van der Waals surface area (Å²) in [6.07, 6.45) is 0. The zero-order chi connectivity index (χ0) is 14.8. The number of aryl methyl sites for hydroxylation is 1. The van der Waals surface area contributed by atoms with E-state index in [9.17, 15) is 0 Å². The Kier molecular flexibility index (Phi) is 4.27. The number of hydrogen-bond donors (Lipinski definition) is 1. The molecule has 1 aromatic heterocycles. The Bertz CT molecular complexity index is 780. The molecule has 0 bridgehead atoms. The van der Waals surface area contributed by atoms with Crippen molar-refractivity contribution in [2.45, 2.75) is 13.5 Å². The van der Waals surface area contributed by atoms with Gasteiger partial charge in [0, 0.05) is 26.6 Å². The van der Waals surface area contributed by atoms with Gasteiger partial charge in [-0.15, -0.1) is 0 Å². The largest absolute Gasteiger partial charge is 0.379 e. The highest BCUT2D eigenvalue weighted by Crippen LogP contribution is 2.31. The molecule has 0 saturated heterocycles. The summed E-state index contributed by atoms with van der Waals surface area (Å²) in [5.74, 6) is 0. The maximum atomic E-state index is 4.58. The van der Waals surface area contributed by atoms with Crippen molar-refractivity contribution in [3.63, 3.8) is 0 Å². The van der Waals surface area contributed by atoms with Gasteiger partial charge in [0.15, 0.2) is 0 Å². The number of anilines is 1. The van der Waals surface area contributed by atoms with Crippen molar-refractivity contribution in [2.24, 2.45) is 0 Å². The minimum absolute atomic E-state index is 0.755. The molecule has 3 rings (SSSR count). The number of halogens is 2. The molecule has 0 amide bonds. The smallest absolute Gasteiger partial charge is 0.0708 e. The van der Waals surface area contributed by atoms with Crippen LogP contribution in [-0.2, 0) is 6.54 Å². The standard InChI is InChI=1S/C17H14Br2N2/c1-11-9-12(13-5-2-3-8-16(13)21-11)10-20-17-14(18)6-4-7-15(17)19/h2-9,20H,10H2,1H3. The first kappa shape index (κ1) is 14.5. The monoisotopic (exact) mass is 404 g/mol. The van der Waals surface area contributed by atoms with Crippen LogP contribution in [-0.4, -0.2) is 4.98 Å². The molecule has 0 radical (unpaired) electrons. The van der Waals surface area contributed by atoms with Gasteiger partial charge >= 0.3 is 0 Å². The first-order valence-corrected chi connectivity index (χ1v) is 8.27. The SMILES string of the molecule is Cc1cc(CNc2c(Br)cccc2Br)c2ccccc2n1. The first-order valence-electron chi connectivity index (χ1n) is 6.68. The van der Waals surface area contributed by atoms with E-state index in [1.165, 1.54) is 10.9 Å². The Morgan fingerprint density at radius 2 is 1.71 bits per heavy atom. The molecule has 0 atom stereocenters. The fraction of sp³-hybridized carbons (Fsp3) is 0.118. The van der Waals surface area contributed by atoms with Gasteiger partial charge in [0.1, 0.15) is 0 Å². The number of nitrogens with one attached hydrogen (secondary N) is 1. The second kappa shape index (κ2) is 6.16. The molecule has 0 aliphatic carbocycles. The van der Waals surface area contributed by atoms with Crippen LogP contribution in [0.1, 0.15) is 11.3 Å². The van der Waals surface area contributed by atoms with Gasteiger partial charge < -0.3 is 5.32 Å². The molecule has 0 fully saturated rings. The quantitative estimate of drug-likeness (QED) is 0.606. The lowest BCUT2D eigenvalue weighted by Gasteiger charge is -2.13. The maximum absolute atomic E-state index is 4.58. The summed E-state index contributed by atoms with van der Waals surface area (Å²) in [6.45, 7) is 2.79. The third-order valence-corrected chi connectivity index (χ3v) is 4.67. The van der Waals surface area contributed by atoms with Gasteiger partial charge in [-0.2, -0.15) is 0 Å². The van der Waals surface area contributed by atoms with Crippen molar-refractivity contribution >= 4 is 48.5 Å². The van der Waals surface area contributed by atoms with Gasteiger partial charge in [-0.3, -0.25) is 4.98 Å². The summed E-state index contributed by atoms with van der Waals surface area (Å²) in [5, 5.41) is 4.69. The highest BCUT2D eigenvalue weighted by Gasteiger charge is 2.07. The van der Waals surface area contributed by atoms with Crippen molar-refractivity contribution in [2.75, 3.05) is 5.32 Å². The molecule has 3 aromatic rings. The molecule has 2 nitrogen and oxygen atoms in total. The van der Waals surface area contributed by atoms with Gasteiger partial charge in [0.05, 0.1) is 11.2 Å². The van der Waals surface area contributed by atoms with Gasteiger partial charge in [-0.25, -0.2) is 0 Å². The summed E-state index contributed by atoms with van der Waals surface area (Å²) in [4.78, 5) is 4.58. The zero-order valence-corrected chi connectivity index (χ0v) is 14.7. The molecule has 1 N–H and O–H groups in total. The molecule has 21 heavy (non-hydrogen) atoms. The van der Waals surface area contributed by atoms with Crippen molar-refractivity contribution in [3.05, 3.63) is 68.7 Å². The van der Waals surface area contributed by atoms with E-state index in [-0.39, 0.29) is 0 Å². The highest BCUT2D eigenvalue weighted by atomic mass is 79.9. The van der Waals surface area contributed by atoms with E-state index in [1.54, 1.807) is 0 Å². The van der Waals surface area contributed by atoms with Crippen LogP contribution in [0.2, 0.25) is 0 Å². The van der Waals surface area contributed by atoms with Gasteiger partial charge in [-0.05, 0) is 68.6 Å². The third-order valence-electron chi connectivity index (χ3n) is 3.35. The molecule has 4 heteroatoms. The molecular weight excluding hydrogens is 392 g/mol. The van der Waals surface area contributed by atoms with Crippen LogP contribution in [0.3, 0.4) is 0 Å². The van der Waals surface area contributed by atoms with Gasteiger partial charge in [-0.1, -0.05) is 24.3 Å². The topological polar surface area (TPSA) is 24.9 Å². The van der Waals surface area contributed by atoms with E-state index in [0.29, 0.717) is 0 Å². The van der Waals surface area contributed by atoms with Crippen LogP contribution >= 0.6 is 31.9 Å². The molecule has 0 spiro atoms. The minimum atomic E-state index is 0.755. The second-order valence-corrected chi connectivity index (χ2v) is 6.60. The Morgan fingerprint density at radius 3 is 2.48 bits per heavy atom. The molecule has 0 saturated carbocycles. The lowest BCUT2D eigenvalue weighted by Crippen LogP contribution is -2.03. The van der Waals surface area contributed by atoms with E-state index in [0.717, 1.165) is 32.4 Å². The molecule has 106 valence electrons. The number of pyridine rings is 1. The van der Waals surface area contributed by atoms with Crippen molar-refractivity contribution in [1.29, 1.82) is 0 Å². The van der Waals surface area contributed by atoms with Crippen LogP contribution in [0.4, 0.5) is 5.69 Å². The maximum Gasteiger partial charge on any atom is 0.0708 e. The summed E-state index contributed by atoms with van der Waals surface area (Å²) in [7, 11) is 0. The molecule has 0 unspecified atom stereocenters.